The minimum absolute atomic E-state index is 0.168. The highest BCUT2D eigenvalue weighted by Crippen LogP contribution is 2.24. The van der Waals surface area contributed by atoms with Gasteiger partial charge in [-0.25, -0.2) is 13.8 Å². The lowest BCUT2D eigenvalue weighted by Gasteiger charge is -2.24. The molecule has 1 aromatic carbocycles. The van der Waals surface area contributed by atoms with Crippen LogP contribution in [0.2, 0.25) is 0 Å². The largest absolute Gasteiger partial charge is 0.485 e. The lowest BCUT2D eigenvalue weighted by Crippen LogP contribution is -2.48. The first-order valence-electron chi connectivity index (χ1n) is 9.90. The van der Waals surface area contributed by atoms with Crippen LogP contribution in [0.4, 0.5) is 13.2 Å². The van der Waals surface area contributed by atoms with Gasteiger partial charge in [0.15, 0.2) is 11.4 Å². The van der Waals surface area contributed by atoms with Crippen LogP contribution in [0.25, 0.3) is 5.65 Å². The van der Waals surface area contributed by atoms with Gasteiger partial charge in [0, 0.05) is 18.3 Å². The molecule has 0 radical (unpaired) electrons. The molecule has 0 saturated carbocycles. The third-order valence-corrected chi connectivity index (χ3v) is 4.97. The van der Waals surface area contributed by atoms with Crippen LogP contribution in [0.3, 0.4) is 0 Å². The fraction of sp³-hybridized carbons (Fsp3) is 0.364. The molecule has 3 rings (SSSR count). The Morgan fingerprint density at radius 1 is 1.26 bits per heavy atom. The highest BCUT2D eigenvalue weighted by atomic mass is 19.1. The molecule has 31 heavy (non-hydrogen) atoms. The molecule has 0 saturated heterocycles. The maximum absolute atomic E-state index is 13.9. The van der Waals surface area contributed by atoms with Crippen LogP contribution in [0.1, 0.15) is 41.5 Å². The number of fused-ring (bicyclic) bond motifs is 1. The first-order chi connectivity index (χ1) is 14.7. The van der Waals surface area contributed by atoms with Gasteiger partial charge in [-0.2, -0.15) is 0 Å². The van der Waals surface area contributed by atoms with Crippen LogP contribution in [-0.2, 0) is 6.61 Å². The van der Waals surface area contributed by atoms with Crippen LogP contribution in [0.15, 0.2) is 36.5 Å². The number of alkyl halides is 1. The van der Waals surface area contributed by atoms with Crippen molar-refractivity contribution >= 4 is 11.6 Å². The van der Waals surface area contributed by atoms with Crippen LogP contribution in [0.5, 0.6) is 5.75 Å². The molecule has 6 nitrogen and oxygen atoms in total. The normalized spacial score (nSPS) is 13.2. The second kappa shape index (κ2) is 9.38. The van der Waals surface area contributed by atoms with Gasteiger partial charge in [-0.3, -0.25) is 13.6 Å². The van der Waals surface area contributed by atoms with Gasteiger partial charge in [-0.15, -0.1) is 0 Å². The monoisotopic (exact) mass is 434 g/mol. The summed E-state index contributed by atoms with van der Waals surface area (Å²) in [6.45, 7) is 2.80. The summed E-state index contributed by atoms with van der Waals surface area (Å²) in [5.74, 6) is -1.52. The first kappa shape index (κ1) is 22.6. The van der Waals surface area contributed by atoms with Crippen molar-refractivity contribution in [1.82, 2.24) is 14.7 Å². The molecule has 0 fully saturated rings. The molecular weight excluding hydrogens is 409 g/mol. The number of hydrogen-bond acceptors (Lipinski definition) is 4. The molecule has 1 unspecified atom stereocenters. The molecule has 9 heteroatoms. The summed E-state index contributed by atoms with van der Waals surface area (Å²) < 4.78 is 47.3. The Hall–Kier alpha value is -3.07. The number of imidazole rings is 1. The maximum atomic E-state index is 13.9. The molecule has 0 aliphatic heterocycles. The summed E-state index contributed by atoms with van der Waals surface area (Å²) in [6.07, 6.45) is 2.40. The summed E-state index contributed by atoms with van der Waals surface area (Å²) in [4.78, 5) is 17.2. The fourth-order valence-corrected chi connectivity index (χ4v) is 3.29. The highest BCUT2D eigenvalue weighted by Gasteiger charge is 2.23. The van der Waals surface area contributed by atoms with Gasteiger partial charge in [0.05, 0.1) is 17.9 Å². The Morgan fingerprint density at radius 3 is 2.65 bits per heavy atom. The van der Waals surface area contributed by atoms with E-state index in [1.165, 1.54) is 6.07 Å². The van der Waals surface area contributed by atoms with E-state index in [4.69, 9.17) is 10.5 Å². The van der Waals surface area contributed by atoms with Crippen molar-refractivity contribution in [2.45, 2.75) is 38.8 Å². The Kier molecular flexibility index (Phi) is 6.84. The number of ether oxygens (including phenoxy) is 1. The molecule has 0 aliphatic carbocycles. The van der Waals surface area contributed by atoms with E-state index in [1.54, 1.807) is 36.6 Å². The topological polar surface area (TPSA) is 81.7 Å². The number of aryl methyl sites for hydroxylation is 1. The predicted octanol–water partition coefficient (Wildman–Crippen LogP) is 3.70. The zero-order valence-corrected chi connectivity index (χ0v) is 17.4. The van der Waals surface area contributed by atoms with Crippen molar-refractivity contribution in [2.75, 3.05) is 13.2 Å². The molecule has 1 amide bonds. The van der Waals surface area contributed by atoms with Gasteiger partial charge in [-0.05, 0) is 51.0 Å². The van der Waals surface area contributed by atoms with E-state index in [1.807, 2.05) is 0 Å². The maximum Gasteiger partial charge on any atom is 0.270 e. The average Bonchev–Trinajstić information content (AvgIpc) is 3.07. The third-order valence-electron chi connectivity index (χ3n) is 4.97. The van der Waals surface area contributed by atoms with Gasteiger partial charge >= 0.3 is 0 Å². The number of pyridine rings is 1. The second-order valence-corrected chi connectivity index (χ2v) is 7.73. The summed E-state index contributed by atoms with van der Waals surface area (Å²) in [5.41, 5.74) is 6.26. The fourth-order valence-electron chi connectivity index (χ4n) is 3.29. The van der Waals surface area contributed by atoms with E-state index < -0.39 is 23.8 Å². The number of carbonyl (C=O) groups is 1. The Morgan fingerprint density at radius 2 is 1.97 bits per heavy atom. The van der Waals surface area contributed by atoms with Crippen molar-refractivity contribution in [3.05, 3.63) is 65.1 Å². The molecule has 3 N–H and O–H groups in total. The van der Waals surface area contributed by atoms with E-state index in [9.17, 15) is 18.0 Å². The molecule has 0 bridgehead atoms. The molecule has 2 heterocycles. The number of nitrogens with one attached hydrogen (secondary N) is 1. The number of halogens is 3. The number of rotatable bonds is 9. The Labute approximate surface area is 178 Å². The average molecular weight is 434 g/mol. The number of hydrogen-bond donors (Lipinski definition) is 2. The van der Waals surface area contributed by atoms with E-state index in [2.05, 4.69) is 10.3 Å². The van der Waals surface area contributed by atoms with Crippen molar-refractivity contribution in [3.8, 4) is 5.75 Å². The molecule has 3 aromatic rings. The molecule has 0 spiro atoms. The summed E-state index contributed by atoms with van der Waals surface area (Å²) >= 11 is 0. The third kappa shape index (κ3) is 5.16. The zero-order valence-electron chi connectivity index (χ0n) is 17.4. The van der Waals surface area contributed by atoms with Crippen LogP contribution in [0, 0.1) is 18.6 Å². The number of benzene rings is 1. The van der Waals surface area contributed by atoms with Crippen LogP contribution >= 0.6 is 0 Å². The van der Waals surface area contributed by atoms with Crippen molar-refractivity contribution in [2.24, 2.45) is 5.73 Å². The number of nitrogens with two attached hydrogens (primary N) is 1. The lowest BCUT2D eigenvalue weighted by molar-refractivity contribution is 0.0937. The smallest absolute Gasteiger partial charge is 0.270 e. The summed E-state index contributed by atoms with van der Waals surface area (Å²) in [5, 5.41) is 2.77. The number of amides is 1. The predicted molar refractivity (Wildman–Crippen MR) is 111 cm³/mol. The van der Waals surface area contributed by atoms with Gasteiger partial charge in [0.2, 0.25) is 0 Å². The molecule has 0 aliphatic rings. The zero-order chi connectivity index (χ0) is 22.6. The SMILES string of the molecule is Cc1nc2c(OCc3c(F)cccc3F)cccn2c1C(=O)NCC(C)(N)CCCF. The van der Waals surface area contributed by atoms with Crippen molar-refractivity contribution < 1.29 is 22.7 Å². The highest BCUT2D eigenvalue weighted by molar-refractivity contribution is 5.95. The first-order valence-corrected chi connectivity index (χ1v) is 9.90. The molecular formula is C22H25F3N4O2. The summed E-state index contributed by atoms with van der Waals surface area (Å²) in [7, 11) is 0. The van der Waals surface area contributed by atoms with Gasteiger partial charge < -0.3 is 15.8 Å². The van der Waals surface area contributed by atoms with Crippen LogP contribution in [-0.4, -0.2) is 34.1 Å². The van der Waals surface area contributed by atoms with Crippen molar-refractivity contribution in [3.63, 3.8) is 0 Å². The number of carbonyl (C=O) groups excluding carboxylic acids is 1. The van der Waals surface area contributed by atoms with E-state index in [0.29, 0.717) is 29.9 Å². The minimum atomic E-state index is -0.742. The van der Waals surface area contributed by atoms with Crippen molar-refractivity contribution in [1.29, 1.82) is 0 Å². The van der Waals surface area contributed by atoms with E-state index >= 15 is 0 Å². The quantitative estimate of drug-likeness (QED) is 0.538. The lowest BCUT2D eigenvalue weighted by atomic mass is 9.97. The Bertz CT molecular complexity index is 1060. The second-order valence-electron chi connectivity index (χ2n) is 7.73. The van der Waals surface area contributed by atoms with Gasteiger partial charge in [0.1, 0.15) is 23.9 Å². The van der Waals surface area contributed by atoms with Gasteiger partial charge in [0.25, 0.3) is 5.91 Å². The minimum Gasteiger partial charge on any atom is -0.485 e. The molecule has 166 valence electrons. The number of nitrogens with zero attached hydrogens (tertiary/aromatic N) is 2. The molecule has 1 atom stereocenters. The Balaban J connectivity index is 1.80. The van der Waals surface area contributed by atoms with E-state index in [-0.39, 0.29) is 30.4 Å². The summed E-state index contributed by atoms with van der Waals surface area (Å²) in [6, 6.07) is 6.84. The number of aromatic nitrogens is 2. The van der Waals surface area contributed by atoms with Gasteiger partial charge in [-0.1, -0.05) is 6.07 Å². The van der Waals surface area contributed by atoms with E-state index in [0.717, 1.165) is 12.1 Å². The molecule has 2 aromatic heterocycles. The standard InChI is InChI=1S/C22H25F3N4O2/c1-14-19(21(30)27-13-22(2,26)9-5-10-23)29-11-4-8-18(20(29)28-14)31-12-15-16(24)6-3-7-17(15)25/h3-4,6-8,11H,5,9-10,12-13,26H2,1-2H3,(H,27,30). The van der Waals surface area contributed by atoms with Crippen LogP contribution < -0.4 is 15.8 Å².